The SMILES string of the molecule is CCn1c([C@H](NC(=O)OC(C)(C)C)[C@@H]2COCCO2)nc2cc(C(F)(F)F)ccc21. The molecule has 2 aromatic rings. The van der Waals surface area contributed by atoms with Crippen LogP contribution in [0.1, 0.15) is 45.1 Å². The number of fused-ring (bicyclic) bond motifs is 1. The summed E-state index contributed by atoms with van der Waals surface area (Å²) in [4.78, 5) is 16.9. The standard InChI is InChI=1S/C20H26F3N3O4/c1-5-26-14-7-6-12(20(21,22)23)10-13(14)24-17(26)16(15-11-28-8-9-29-15)25-18(27)30-19(2,3)4/h6-7,10,15-16H,5,8-9,11H2,1-4H3,(H,25,27)/t15-,16+/m0/s1. The second-order valence-corrected chi connectivity index (χ2v) is 8.02. The van der Waals surface area contributed by atoms with E-state index >= 15 is 0 Å². The van der Waals surface area contributed by atoms with Crippen LogP contribution in [0.4, 0.5) is 18.0 Å². The molecule has 166 valence electrons. The number of imidazole rings is 1. The third-order valence-electron chi connectivity index (χ3n) is 4.59. The number of carbonyl (C=O) groups is 1. The highest BCUT2D eigenvalue weighted by Gasteiger charge is 2.35. The molecule has 2 heterocycles. The van der Waals surface area contributed by atoms with E-state index in [4.69, 9.17) is 14.2 Å². The number of alkyl carbamates (subject to hydrolysis) is 1. The molecule has 1 saturated heterocycles. The minimum absolute atomic E-state index is 0.189. The number of rotatable bonds is 4. The highest BCUT2D eigenvalue weighted by molar-refractivity contribution is 5.77. The van der Waals surface area contributed by atoms with Gasteiger partial charge in [0.25, 0.3) is 0 Å². The summed E-state index contributed by atoms with van der Waals surface area (Å²) in [5.41, 5.74) is -0.774. The Morgan fingerprint density at radius 1 is 1.33 bits per heavy atom. The summed E-state index contributed by atoms with van der Waals surface area (Å²) in [7, 11) is 0. The van der Waals surface area contributed by atoms with E-state index in [9.17, 15) is 18.0 Å². The fourth-order valence-electron chi connectivity index (χ4n) is 3.35. The first-order chi connectivity index (χ1) is 14.0. The molecule has 0 unspecified atom stereocenters. The van der Waals surface area contributed by atoms with E-state index < -0.39 is 35.6 Å². The zero-order chi connectivity index (χ0) is 22.1. The van der Waals surface area contributed by atoms with Crippen molar-refractivity contribution in [1.29, 1.82) is 0 Å². The van der Waals surface area contributed by atoms with Crippen LogP contribution in [0.5, 0.6) is 0 Å². The number of aryl methyl sites for hydroxylation is 1. The van der Waals surface area contributed by atoms with Gasteiger partial charge in [-0.1, -0.05) is 0 Å². The lowest BCUT2D eigenvalue weighted by Crippen LogP contribution is -2.45. The third kappa shape index (κ3) is 5.04. The van der Waals surface area contributed by atoms with Crippen LogP contribution >= 0.6 is 0 Å². The van der Waals surface area contributed by atoms with Gasteiger partial charge in [-0.25, -0.2) is 9.78 Å². The second-order valence-electron chi connectivity index (χ2n) is 8.02. The first-order valence-electron chi connectivity index (χ1n) is 9.76. The number of nitrogens with one attached hydrogen (secondary N) is 1. The maximum absolute atomic E-state index is 13.1. The quantitative estimate of drug-likeness (QED) is 0.794. The number of ether oxygens (including phenoxy) is 3. The summed E-state index contributed by atoms with van der Waals surface area (Å²) >= 11 is 0. The van der Waals surface area contributed by atoms with Gasteiger partial charge in [0.15, 0.2) is 0 Å². The van der Waals surface area contributed by atoms with Gasteiger partial charge in [0.1, 0.15) is 23.6 Å². The number of aromatic nitrogens is 2. The average Bonchev–Trinajstić information content (AvgIpc) is 3.02. The van der Waals surface area contributed by atoms with E-state index in [1.165, 1.54) is 6.07 Å². The van der Waals surface area contributed by atoms with Crippen molar-refractivity contribution in [3.8, 4) is 0 Å². The van der Waals surface area contributed by atoms with Crippen LogP contribution in [0.3, 0.4) is 0 Å². The van der Waals surface area contributed by atoms with Gasteiger partial charge in [-0.15, -0.1) is 0 Å². The Balaban J connectivity index is 2.03. The van der Waals surface area contributed by atoms with Crippen LogP contribution in [0.25, 0.3) is 11.0 Å². The molecule has 7 nitrogen and oxygen atoms in total. The van der Waals surface area contributed by atoms with Crippen molar-refractivity contribution in [2.24, 2.45) is 0 Å². The van der Waals surface area contributed by atoms with E-state index in [1.807, 2.05) is 6.92 Å². The molecule has 0 saturated carbocycles. The predicted molar refractivity (Wildman–Crippen MR) is 103 cm³/mol. The molecule has 1 fully saturated rings. The summed E-state index contributed by atoms with van der Waals surface area (Å²) < 4.78 is 57.8. The molecular formula is C20H26F3N3O4. The molecule has 0 aliphatic carbocycles. The number of carbonyl (C=O) groups excluding carboxylic acids is 1. The van der Waals surface area contributed by atoms with Crippen LogP contribution in [-0.4, -0.2) is 47.2 Å². The van der Waals surface area contributed by atoms with E-state index in [1.54, 1.807) is 25.3 Å². The lowest BCUT2D eigenvalue weighted by atomic mass is 10.1. The largest absolute Gasteiger partial charge is 0.444 e. The van der Waals surface area contributed by atoms with Gasteiger partial charge >= 0.3 is 12.3 Å². The minimum Gasteiger partial charge on any atom is -0.444 e. The smallest absolute Gasteiger partial charge is 0.416 e. The summed E-state index contributed by atoms with van der Waals surface area (Å²) in [6.07, 6.45) is -5.71. The maximum atomic E-state index is 13.1. The molecule has 3 rings (SSSR count). The number of amides is 1. The van der Waals surface area contributed by atoms with E-state index in [-0.39, 0.29) is 12.1 Å². The molecule has 30 heavy (non-hydrogen) atoms. The van der Waals surface area contributed by atoms with Gasteiger partial charge in [-0.3, -0.25) is 0 Å². The van der Waals surface area contributed by atoms with Gasteiger partial charge in [-0.2, -0.15) is 13.2 Å². The molecule has 1 aromatic carbocycles. The van der Waals surface area contributed by atoms with E-state index in [0.29, 0.717) is 31.1 Å². The average molecular weight is 429 g/mol. The molecule has 0 spiro atoms. The molecule has 1 aliphatic heterocycles. The molecule has 1 amide bonds. The van der Waals surface area contributed by atoms with Crippen LogP contribution in [0.2, 0.25) is 0 Å². The van der Waals surface area contributed by atoms with E-state index in [0.717, 1.165) is 12.1 Å². The van der Waals surface area contributed by atoms with Gasteiger partial charge in [0.05, 0.1) is 36.4 Å². The van der Waals surface area contributed by atoms with Gasteiger partial charge in [0, 0.05) is 6.54 Å². The van der Waals surface area contributed by atoms with E-state index in [2.05, 4.69) is 10.3 Å². The Morgan fingerprint density at radius 2 is 2.07 bits per heavy atom. The third-order valence-corrected chi connectivity index (χ3v) is 4.59. The molecular weight excluding hydrogens is 403 g/mol. The van der Waals surface area contributed by atoms with Gasteiger partial charge in [-0.05, 0) is 45.9 Å². The summed E-state index contributed by atoms with van der Waals surface area (Å²) in [5.74, 6) is 0.383. The van der Waals surface area contributed by atoms with Crippen LogP contribution in [-0.2, 0) is 26.9 Å². The summed E-state index contributed by atoms with van der Waals surface area (Å²) in [6.45, 7) is 8.48. The zero-order valence-corrected chi connectivity index (χ0v) is 17.4. The molecule has 1 aromatic heterocycles. The zero-order valence-electron chi connectivity index (χ0n) is 17.4. The lowest BCUT2D eigenvalue weighted by Gasteiger charge is -2.31. The van der Waals surface area contributed by atoms with Crippen LogP contribution in [0, 0.1) is 0 Å². The Bertz CT molecular complexity index is 899. The number of benzene rings is 1. The number of alkyl halides is 3. The van der Waals surface area contributed by atoms with Crippen molar-refractivity contribution >= 4 is 17.1 Å². The van der Waals surface area contributed by atoms with Crippen molar-refractivity contribution in [3.63, 3.8) is 0 Å². The van der Waals surface area contributed by atoms with Crippen molar-refractivity contribution < 1.29 is 32.2 Å². The highest BCUT2D eigenvalue weighted by Crippen LogP contribution is 2.33. The molecule has 2 atom stereocenters. The molecule has 1 aliphatic rings. The van der Waals surface area contributed by atoms with Gasteiger partial charge < -0.3 is 24.1 Å². The van der Waals surface area contributed by atoms with Crippen molar-refractivity contribution in [1.82, 2.24) is 14.9 Å². The van der Waals surface area contributed by atoms with Crippen LogP contribution in [0.15, 0.2) is 18.2 Å². The Kier molecular flexibility index (Phi) is 6.28. The number of hydrogen-bond acceptors (Lipinski definition) is 5. The molecule has 0 bridgehead atoms. The first-order valence-corrected chi connectivity index (χ1v) is 9.76. The van der Waals surface area contributed by atoms with Crippen molar-refractivity contribution in [2.75, 3.05) is 19.8 Å². The van der Waals surface area contributed by atoms with Crippen molar-refractivity contribution in [2.45, 2.75) is 58.2 Å². The summed E-state index contributed by atoms with van der Waals surface area (Å²) in [5, 5.41) is 2.77. The number of hydrogen-bond donors (Lipinski definition) is 1. The number of halogens is 3. The Morgan fingerprint density at radius 3 is 2.63 bits per heavy atom. The first kappa shape index (κ1) is 22.4. The summed E-state index contributed by atoms with van der Waals surface area (Å²) in [6, 6.07) is 2.66. The molecule has 10 heteroatoms. The normalized spacial score (nSPS) is 19.0. The fraction of sp³-hybridized carbons (Fsp3) is 0.600. The topological polar surface area (TPSA) is 74.6 Å². The van der Waals surface area contributed by atoms with Gasteiger partial charge in [0.2, 0.25) is 0 Å². The second kappa shape index (κ2) is 8.43. The van der Waals surface area contributed by atoms with Crippen LogP contribution < -0.4 is 5.32 Å². The lowest BCUT2D eigenvalue weighted by molar-refractivity contribution is -0.137. The minimum atomic E-state index is -4.47. The Labute approximate surface area is 172 Å². The number of nitrogens with zero attached hydrogens (tertiary/aromatic N) is 2. The molecule has 0 radical (unpaired) electrons. The molecule has 1 N–H and O–H groups in total. The highest BCUT2D eigenvalue weighted by atomic mass is 19.4. The Hall–Kier alpha value is -2.33. The van der Waals surface area contributed by atoms with Crippen molar-refractivity contribution in [3.05, 3.63) is 29.6 Å². The maximum Gasteiger partial charge on any atom is 0.416 e. The fourth-order valence-corrected chi connectivity index (χ4v) is 3.35. The monoisotopic (exact) mass is 429 g/mol. The predicted octanol–water partition coefficient (Wildman–Crippen LogP) is 4.06.